The van der Waals surface area contributed by atoms with Gasteiger partial charge in [0.05, 0.1) is 29.2 Å². The average molecular weight is 451 g/mol. The molecular formula is C25H26N2O4S. The van der Waals surface area contributed by atoms with Crippen molar-refractivity contribution in [1.29, 1.82) is 0 Å². The Bertz CT molecular complexity index is 1060. The van der Waals surface area contributed by atoms with Gasteiger partial charge in [0.15, 0.2) is 5.17 Å². The predicted octanol–water partition coefficient (Wildman–Crippen LogP) is 4.87. The van der Waals surface area contributed by atoms with Gasteiger partial charge in [-0.1, -0.05) is 61.2 Å². The van der Waals surface area contributed by atoms with Crippen LogP contribution in [0.15, 0.2) is 70.9 Å². The van der Waals surface area contributed by atoms with E-state index in [-0.39, 0.29) is 17.8 Å². The Kier molecular flexibility index (Phi) is 6.65. The van der Waals surface area contributed by atoms with E-state index in [9.17, 15) is 9.59 Å². The largest absolute Gasteiger partial charge is 0.489 e. The van der Waals surface area contributed by atoms with Crippen molar-refractivity contribution >= 4 is 28.8 Å². The molecule has 1 saturated heterocycles. The lowest BCUT2D eigenvalue weighted by Crippen LogP contribution is -2.40. The number of allylic oxidation sites excluding steroid dienone is 1. The molecule has 1 amide bonds. The first-order valence-corrected chi connectivity index (χ1v) is 11.6. The Labute approximate surface area is 192 Å². The molecule has 2 aromatic rings. The van der Waals surface area contributed by atoms with Crippen molar-refractivity contribution < 1.29 is 19.1 Å². The van der Waals surface area contributed by atoms with E-state index < -0.39 is 12.0 Å². The topological polar surface area (TPSA) is 68.2 Å². The van der Waals surface area contributed by atoms with Gasteiger partial charge in [-0.15, -0.1) is 0 Å². The zero-order valence-corrected chi connectivity index (χ0v) is 19.2. The summed E-state index contributed by atoms with van der Waals surface area (Å²) in [6, 6.07) is 16.9. The lowest BCUT2D eigenvalue weighted by molar-refractivity contribution is -0.139. The maximum absolute atomic E-state index is 13.1. The maximum atomic E-state index is 13.1. The minimum absolute atomic E-state index is 0.0278. The summed E-state index contributed by atoms with van der Waals surface area (Å²) < 4.78 is 11.2. The monoisotopic (exact) mass is 450 g/mol. The highest BCUT2D eigenvalue weighted by molar-refractivity contribution is 8.15. The van der Waals surface area contributed by atoms with Crippen LogP contribution in [-0.4, -0.2) is 33.8 Å². The Hall–Kier alpha value is -3.06. The zero-order chi connectivity index (χ0) is 22.7. The first-order valence-electron chi connectivity index (χ1n) is 10.8. The van der Waals surface area contributed by atoms with Crippen LogP contribution in [0, 0.1) is 0 Å². The fourth-order valence-corrected chi connectivity index (χ4v) is 5.00. The minimum Gasteiger partial charge on any atom is -0.489 e. The van der Waals surface area contributed by atoms with E-state index in [1.807, 2.05) is 61.5 Å². The van der Waals surface area contributed by atoms with Gasteiger partial charge >= 0.3 is 5.97 Å². The summed E-state index contributed by atoms with van der Waals surface area (Å²) in [5.74, 6) is 0.245. The molecule has 2 heterocycles. The molecule has 0 radical (unpaired) electrons. The summed E-state index contributed by atoms with van der Waals surface area (Å²) >= 11 is 1.46. The number of thioether (sulfide) groups is 1. The van der Waals surface area contributed by atoms with Gasteiger partial charge in [0.2, 0.25) is 5.91 Å². The smallest absolute Gasteiger partial charge is 0.338 e. The molecule has 4 rings (SSSR count). The number of benzene rings is 2. The number of carbonyl (C=O) groups is 2. The highest BCUT2D eigenvalue weighted by Gasteiger charge is 2.47. The van der Waals surface area contributed by atoms with Crippen molar-refractivity contribution in [1.82, 2.24) is 4.90 Å². The highest BCUT2D eigenvalue weighted by atomic mass is 32.2. The summed E-state index contributed by atoms with van der Waals surface area (Å²) in [6.45, 7) is 6.27. The normalized spacial score (nSPS) is 20.2. The summed E-state index contributed by atoms with van der Waals surface area (Å²) in [6.07, 6.45) is 0.700. The lowest BCUT2D eigenvalue weighted by atomic mass is 9.94. The number of hydrogen-bond acceptors (Lipinski definition) is 6. The molecule has 0 spiro atoms. The van der Waals surface area contributed by atoms with Crippen LogP contribution >= 0.6 is 11.8 Å². The van der Waals surface area contributed by atoms with Crippen molar-refractivity contribution in [3.63, 3.8) is 0 Å². The van der Waals surface area contributed by atoms with Crippen LogP contribution in [0.25, 0.3) is 0 Å². The van der Waals surface area contributed by atoms with E-state index in [1.54, 1.807) is 18.7 Å². The van der Waals surface area contributed by atoms with Crippen LogP contribution in [0.3, 0.4) is 0 Å². The zero-order valence-electron chi connectivity index (χ0n) is 18.4. The second kappa shape index (κ2) is 9.61. The second-order valence-corrected chi connectivity index (χ2v) is 8.75. The van der Waals surface area contributed by atoms with Gasteiger partial charge in [-0.25, -0.2) is 9.79 Å². The molecule has 2 atom stereocenters. The number of ether oxygens (including phenoxy) is 2. The minimum atomic E-state index is -0.568. The standard InChI is InChI=1S/C25H26N2O4S/c1-4-20-23(28)27-22(21(24(29)30-5-2)16(3)26-25(27)32-20)18-11-13-19(14-12-18)31-15-17-9-7-6-8-10-17/h6-14,20,22H,4-5,15H2,1-3H3/t20-,22+/m0/s1. The van der Waals surface area contributed by atoms with E-state index in [0.29, 0.717) is 35.2 Å². The third-order valence-corrected chi connectivity index (χ3v) is 6.78. The fourth-order valence-electron chi connectivity index (χ4n) is 3.86. The molecule has 2 aliphatic heterocycles. The fraction of sp³-hybridized carbons (Fsp3) is 0.320. The third kappa shape index (κ3) is 4.30. The van der Waals surface area contributed by atoms with Crippen LogP contribution < -0.4 is 4.74 Å². The van der Waals surface area contributed by atoms with E-state index in [1.165, 1.54) is 11.8 Å². The molecule has 2 aliphatic rings. The second-order valence-electron chi connectivity index (χ2n) is 7.58. The molecule has 0 unspecified atom stereocenters. The number of amidine groups is 1. The van der Waals surface area contributed by atoms with Crippen molar-refractivity contribution in [3.05, 3.63) is 77.0 Å². The van der Waals surface area contributed by atoms with Gasteiger partial charge < -0.3 is 9.47 Å². The number of nitrogens with zero attached hydrogens (tertiary/aromatic N) is 2. The van der Waals surface area contributed by atoms with Crippen molar-refractivity contribution in [2.75, 3.05) is 6.61 Å². The molecule has 166 valence electrons. The third-order valence-electron chi connectivity index (χ3n) is 5.46. The first kappa shape index (κ1) is 22.1. The number of carbonyl (C=O) groups excluding carboxylic acids is 2. The Morgan fingerprint density at radius 1 is 1.09 bits per heavy atom. The molecule has 7 heteroatoms. The van der Waals surface area contributed by atoms with E-state index in [4.69, 9.17) is 9.47 Å². The maximum Gasteiger partial charge on any atom is 0.338 e. The Morgan fingerprint density at radius 3 is 2.47 bits per heavy atom. The average Bonchev–Trinajstić information content (AvgIpc) is 3.13. The molecule has 0 bridgehead atoms. The molecule has 0 aromatic heterocycles. The van der Waals surface area contributed by atoms with Crippen molar-refractivity contribution in [3.8, 4) is 5.75 Å². The van der Waals surface area contributed by atoms with E-state index in [2.05, 4.69) is 4.99 Å². The predicted molar refractivity (Wildman–Crippen MR) is 125 cm³/mol. The van der Waals surface area contributed by atoms with Gasteiger partial charge in [-0.05, 0) is 43.5 Å². The summed E-state index contributed by atoms with van der Waals surface area (Å²) in [5.41, 5.74) is 2.89. The molecule has 0 N–H and O–H groups in total. The molecule has 6 nitrogen and oxygen atoms in total. The summed E-state index contributed by atoms with van der Waals surface area (Å²) in [4.78, 5) is 32.2. The van der Waals surface area contributed by atoms with Gasteiger partial charge in [-0.3, -0.25) is 9.69 Å². The van der Waals surface area contributed by atoms with Gasteiger partial charge in [-0.2, -0.15) is 0 Å². The number of hydrogen-bond donors (Lipinski definition) is 0. The quantitative estimate of drug-likeness (QED) is 0.563. The number of amides is 1. The highest BCUT2D eigenvalue weighted by Crippen LogP contribution is 2.44. The molecule has 1 fully saturated rings. The first-order chi connectivity index (χ1) is 15.5. The van der Waals surface area contributed by atoms with Gasteiger partial charge in [0, 0.05) is 0 Å². The number of rotatable bonds is 7. The number of esters is 1. The van der Waals surface area contributed by atoms with Crippen LogP contribution in [0.4, 0.5) is 0 Å². The molecule has 0 aliphatic carbocycles. The Balaban J connectivity index is 1.64. The molecular weight excluding hydrogens is 424 g/mol. The summed E-state index contributed by atoms with van der Waals surface area (Å²) in [5, 5.41) is 0.445. The van der Waals surface area contributed by atoms with Crippen LogP contribution in [0.2, 0.25) is 0 Å². The van der Waals surface area contributed by atoms with Gasteiger partial charge in [0.1, 0.15) is 12.4 Å². The molecule has 0 saturated carbocycles. The molecule has 2 aromatic carbocycles. The van der Waals surface area contributed by atoms with Crippen molar-refractivity contribution in [2.45, 2.75) is 45.1 Å². The Morgan fingerprint density at radius 2 is 1.81 bits per heavy atom. The molecule has 32 heavy (non-hydrogen) atoms. The van der Waals surface area contributed by atoms with Crippen LogP contribution in [-0.2, 0) is 20.9 Å². The van der Waals surface area contributed by atoms with E-state index in [0.717, 1.165) is 11.1 Å². The van der Waals surface area contributed by atoms with Crippen molar-refractivity contribution in [2.24, 2.45) is 4.99 Å². The SMILES string of the molecule is CCOC(=O)C1=C(C)N=C2S[C@@H](CC)C(=O)N2[C@@H]1c1ccc(OCc2ccccc2)cc1. The lowest BCUT2D eigenvalue weighted by Gasteiger charge is -2.33. The van der Waals surface area contributed by atoms with Gasteiger partial charge in [0.25, 0.3) is 0 Å². The van der Waals surface area contributed by atoms with Crippen LogP contribution in [0.1, 0.15) is 44.4 Å². The van der Waals surface area contributed by atoms with E-state index >= 15 is 0 Å². The number of aliphatic imine (C=N–C) groups is 1. The summed E-state index contributed by atoms with van der Waals surface area (Å²) in [7, 11) is 0. The van der Waals surface area contributed by atoms with Crippen LogP contribution in [0.5, 0.6) is 5.75 Å². The number of fused-ring (bicyclic) bond motifs is 1.